The first-order valence-electron chi connectivity index (χ1n) is 5.22. The van der Waals surface area contributed by atoms with E-state index in [-0.39, 0.29) is 18.4 Å². The summed E-state index contributed by atoms with van der Waals surface area (Å²) in [5.74, 6) is -0.0355. The summed E-state index contributed by atoms with van der Waals surface area (Å²) in [5, 5.41) is 2.86. The predicted octanol–water partition coefficient (Wildman–Crippen LogP) is 1.29. The van der Waals surface area contributed by atoms with Crippen molar-refractivity contribution in [1.82, 2.24) is 10.3 Å². The highest BCUT2D eigenvalue weighted by Gasteiger charge is 2.07. The Balaban J connectivity index is 2.45. The van der Waals surface area contributed by atoms with Crippen molar-refractivity contribution in [2.75, 3.05) is 5.73 Å². The quantitative estimate of drug-likeness (QED) is 0.733. The summed E-state index contributed by atoms with van der Waals surface area (Å²) < 4.78 is 0. The Labute approximate surface area is 95.6 Å². The van der Waals surface area contributed by atoms with Gasteiger partial charge in [-0.25, -0.2) is 0 Å². The van der Waals surface area contributed by atoms with E-state index in [9.17, 15) is 4.79 Å². The minimum atomic E-state index is -0.0355. The van der Waals surface area contributed by atoms with Gasteiger partial charge in [-0.1, -0.05) is 6.08 Å². The lowest BCUT2D eigenvalue weighted by atomic mass is 10.2. The van der Waals surface area contributed by atoms with Crippen LogP contribution in [0.25, 0.3) is 0 Å². The number of nitrogens with one attached hydrogen (secondary N) is 1. The lowest BCUT2D eigenvalue weighted by molar-refractivity contribution is -0.121. The van der Waals surface area contributed by atoms with Crippen molar-refractivity contribution < 1.29 is 4.79 Å². The number of nitrogens with zero attached hydrogens (tertiary/aromatic N) is 1. The lowest BCUT2D eigenvalue weighted by Gasteiger charge is -2.11. The van der Waals surface area contributed by atoms with Gasteiger partial charge in [-0.3, -0.25) is 9.78 Å². The van der Waals surface area contributed by atoms with Gasteiger partial charge in [0.25, 0.3) is 0 Å². The molecule has 0 spiro atoms. The van der Waals surface area contributed by atoms with Gasteiger partial charge in [0.05, 0.1) is 18.3 Å². The van der Waals surface area contributed by atoms with Crippen molar-refractivity contribution in [1.29, 1.82) is 0 Å². The predicted molar refractivity (Wildman–Crippen MR) is 64.8 cm³/mol. The van der Waals surface area contributed by atoms with Crippen molar-refractivity contribution in [3.63, 3.8) is 0 Å². The zero-order chi connectivity index (χ0) is 12.0. The molecule has 0 saturated heterocycles. The van der Waals surface area contributed by atoms with Crippen LogP contribution in [0.3, 0.4) is 0 Å². The Morgan fingerprint density at radius 1 is 1.69 bits per heavy atom. The first kappa shape index (κ1) is 12.2. The molecule has 0 bridgehead atoms. The third kappa shape index (κ3) is 4.13. The van der Waals surface area contributed by atoms with Crippen LogP contribution in [-0.4, -0.2) is 16.9 Å². The largest absolute Gasteiger partial charge is 0.397 e. The third-order valence-electron chi connectivity index (χ3n) is 2.12. The first-order chi connectivity index (χ1) is 7.61. The minimum Gasteiger partial charge on any atom is -0.397 e. The molecule has 0 fully saturated rings. The molecule has 1 heterocycles. The van der Waals surface area contributed by atoms with E-state index in [4.69, 9.17) is 5.73 Å². The molecule has 1 atom stereocenters. The number of nitrogens with two attached hydrogens (primary N) is 1. The molecule has 86 valence electrons. The van der Waals surface area contributed by atoms with Crippen LogP contribution in [0.2, 0.25) is 0 Å². The SMILES string of the molecule is C=CCC(C)NC(=O)Cc1ccc(N)cn1. The molecule has 1 rings (SSSR count). The van der Waals surface area contributed by atoms with Gasteiger partial charge in [-0.05, 0) is 25.5 Å². The van der Waals surface area contributed by atoms with Crippen molar-refractivity contribution in [2.24, 2.45) is 0 Å². The van der Waals surface area contributed by atoms with Gasteiger partial charge in [0.15, 0.2) is 0 Å². The molecule has 1 aromatic rings. The van der Waals surface area contributed by atoms with Crippen molar-refractivity contribution >= 4 is 11.6 Å². The maximum absolute atomic E-state index is 11.6. The molecule has 3 N–H and O–H groups in total. The number of pyridine rings is 1. The molecular formula is C12H17N3O. The Bertz CT molecular complexity index is 359. The molecule has 0 aliphatic rings. The van der Waals surface area contributed by atoms with Crippen LogP contribution in [0, 0.1) is 0 Å². The third-order valence-corrected chi connectivity index (χ3v) is 2.12. The molecule has 0 saturated carbocycles. The molecule has 0 radical (unpaired) electrons. The number of amides is 1. The van der Waals surface area contributed by atoms with Gasteiger partial charge in [0, 0.05) is 11.7 Å². The standard InChI is InChI=1S/C12H17N3O/c1-3-4-9(2)15-12(16)7-11-6-5-10(13)8-14-11/h3,5-6,8-9H,1,4,7,13H2,2H3,(H,15,16). The number of carbonyl (C=O) groups is 1. The lowest BCUT2D eigenvalue weighted by Crippen LogP contribution is -2.33. The maximum Gasteiger partial charge on any atom is 0.226 e. The Morgan fingerprint density at radius 3 is 3.00 bits per heavy atom. The van der Waals surface area contributed by atoms with E-state index < -0.39 is 0 Å². The van der Waals surface area contributed by atoms with Gasteiger partial charge >= 0.3 is 0 Å². The van der Waals surface area contributed by atoms with E-state index in [1.54, 1.807) is 24.4 Å². The maximum atomic E-state index is 11.6. The average Bonchev–Trinajstić information content (AvgIpc) is 2.21. The van der Waals surface area contributed by atoms with E-state index >= 15 is 0 Å². The van der Waals surface area contributed by atoms with E-state index in [1.807, 2.05) is 6.92 Å². The highest BCUT2D eigenvalue weighted by Crippen LogP contribution is 2.02. The van der Waals surface area contributed by atoms with Crippen LogP contribution in [0.15, 0.2) is 31.0 Å². The van der Waals surface area contributed by atoms with Gasteiger partial charge in [0.1, 0.15) is 0 Å². The fourth-order valence-electron chi connectivity index (χ4n) is 1.34. The van der Waals surface area contributed by atoms with Gasteiger partial charge in [0.2, 0.25) is 5.91 Å². The molecule has 16 heavy (non-hydrogen) atoms. The molecule has 1 aromatic heterocycles. The van der Waals surface area contributed by atoms with E-state index in [1.165, 1.54) is 0 Å². The normalized spacial score (nSPS) is 11.8. The van der Waals surface area contributed by atoms with Gasteiger partial charge in [-0.15, -0.1) is 6.58 Å². The molecule has 4 heteroatoms. The molecule has 1 amide bonds. The summed E-state index contributed by atoms with van der Waals surface area (Å²) in [6, 6.07) is 3.61. The van der Waals surface area contributed by atoms with Gasteiger partial charge in [-0.2, -0.15) is 0 Å². The molecular weight excluding hydrogens is 202 g/mol. The summed E-state index contributed by atoms with van der Waals surface area (Å²) >= 11 is 0. The average molecular weight is 219 g/mol. The van der Waals surface area contributed by atoms with Crippen molar-refractivity contribution in [2.45, 2.75) is 25.8 Å². The van der Waals surface area contributed by atoms with Crippen molar-refractivity contribution in [3.8, 4) is 0 Å². The Morgan fingerprint density at radius 2 is 2.44 bits per heavy atom. The monoisotopic (exact) mass is 219 g/mol. The number of carbonyl (C=O) groups excluding carboxylic acids is 1. The Kier molecular flexibility index (Phi) is 4.51. The summed E-state index contributed by atoms with van der Waals surface area (Å²) in [6.07, 6.45) is 4.38. The molecule has 0 aromatic carbocycles. The molecule has 0 aliphatic heterocycles. The molecule has 1 unspecified atom stereocenters. The fraction of sp³-hybridized carbons (Fsp3) is 0.333. The number of hydrogen-bond donors (Lipinski definition) is 2. The van der Waals surface area contributed by atoms with Crippen LogP contribution in [0.4, 0.5) is 5.69 Å². The highest BCUT2D eigenvalue weighted by molar-refractivity contribution is 5.78. The van der Waals surface area contributed by atoms with Crippen LogP contribution in [0.5, 0.6) is 0 Å². The fourth-order valence-corrected chi connectivity index (χ4v) is 1.34. The second-order valence-corrected chi connectivity index (χ2v) is 3.75. The number of aromatic nitrogens is 1. The second-order valence-electron chi connectivity index (χ2n) is 3.75. The first-order valence-corrected chi connectivity index (χ1v) is 5.22. The second kappa shape index (κ2) is 5.90. The van der Waals surface area contributed by atoms with Crippen LogP contribution in [-0.2, 0) is 11.2 Å². The summed E-state index contributed by atoms with van der Waals surface area (Å²) in [5.41, 5.74) is 6.82. The van der Waals surface area contributed by atoms with E-state index in [2.05, 4.69) is 16.9 Å². The number of nitrogen functional groups attached to an aromatic ring is 1. The van der Waals surface area contributed by atoms with Crippen LogP contribution < -0.4 is 11.1 Å². The summed E-state index contributed by atoms with van der Waals surface area (Å²) in [4.78, 5) is 15.6. The summed E-state index contributed by atoms with van der Waals surface area (Å²) in [7, 11) is 0. The smallest absolute Gasteiger partial charge is 0.226 e. The zero-order valence-corrected chi connectivity index (χ0v) is 9.44. The zero-order valence-electron chi connectivity index (χ0n) is 9.44. The molecule has 0 aliphatic carbocycles. The number of anilines is 1. The molecule has 4 nitrogen and oxygen atoms in total. The number of hydrogen-bond acceptors (Lipinski definition) is 3. The van der Waals surface area contributed by atoms with Crippen LogP contribution in [0.1, 0.15) is 19.0 Å². The van der Waals surface area contributed by atoms with Crippen LogP contribution >= 0.6 is 0 Å². The van der Waals surface area contributed by atoms with E-state index in [0.717, 1.165) is 12.1 Å². The highest BCUT2D eigenvalue weighted by atomic mass is 16.1. The number of rotatable bonds is 5. The van der Waals surface area contributed by atoms with Crippen molar-refractivity contribution in [3.05, 3.63) is 36.7 Å². The minimum absolute atomic E-state index is 0.0355. The topological polar surface area (TPSA) is 68.0 Å². The van der Waals surface area contributed by atoms with Gasteiger partial charge < -0.3 is 11.1 Å². The Hall–Kier alpha value is -1.84. The summed E-state index contributed by atoms with van der Waals surface area (Å²) in [6.45, 7) is 5.56. The van der Waals surface area contributed by atoms with E-state index in [0.29, 0.717) is 5.69 Å².